The number of hydrogen-bond donors (Lipinski definition) is 0. The summed E-state index contributed by atoms with van der Waals surface area (Å²) in [6.07, 6.45) is 24.5. The van der Waals surface area contributed by atoms with Crippen LogP contribution < -0.4 is 0 Å². The van der Waals surface area contributed by atoms with Gasteiger partial charge in [0.25, 0.3) is 0 Å². The molecule has 0 amide bonds. The molecule has 4 saturated carbocycles. The normalized spacial score (nSPS) is 32.9. The molecule has 0 spiro atoms. The van der Waals surface area contributed by atoms with Gasteiger partial charge in [-0.05, 0) is 75.0 Å². The molecule has 4 aliphatic carbocycles. The largest absolute Gasteiger partial charge is 0.459 e. The smallest absolute Gasteiger partial charge is 0.306 e. The van der Waals surface area contributed by atoms with Crippen LogP contribution in [0.4, 0.5) is 0 Å². The lowest BCUT2D eigenvalue weighted by molar-refractivity contribution is -0.182. The van der Waals surface area contributed by atoms with Crippen molar-refractivity contribution >= 4 is 5.97 Å². The van der Waals surface area contributed by atoms with E-state index >= 15 is 0 Å². The van der Waals surface area contributed by atoms with Gasteiger partial charge in [-0.2, -0.15) is 0 Å². The minimum absolute atomic E-state index is 0.0420. The van der Waals surface area contributed by atoms with Crippen LogP contribution in [0.25, 0.3) is 0 Å². The van der Waals surface area contributed by atoms with Gasteiger partial charge < -0.3 is 4.74 Å². The van der Waals surface area contributed by atoms with Crippen LogP contribution in [-0.2, 0) is 9.53 Å². The van der Waals surface area contributed by atoms with Crippen LogP contribution in [0.5, 0.6) is 0 Å². The molecule has 4 aliphatic rings. The van der Waals surface area contributed by atoms with Crippen molar-refractivity contribution in [3.63, 3.8) is 0 Å². The fourth-order valence-corrected chi connectivity index (χ4v) is 6.48. The number of esters is 1. The highest BCUT2D eigenvalue weighted by molar-refractivity contribution is 5.69. The molecule has 0 saturated heterocycles. The summed E-state index contributed by atoms with van der Waals surface area (Å²) in [5.41, 5.74) is 0.534. The fourth-order valence-electron chi connectivity index (χ4n) is 6.48. The average Bonchev–Trinajstić information content (AvgIpc) is 2.78. The predicted octanol–water partition coefficient (Wildman–Crippen LogP) is 9.01. The summed E-state index contributed by atoms with van der Waals surface area (Å²) < 4.78 is 5.93. The molecule has 176 valence electrons. The zero-order valence-electron chi connectivity index (χ0n) is 20.9. The van der Waals surface area contributed by atoms with Gasteiger partial charge in [-0.3, -0.25) is 4.79 Å². The van der Waals surface area contributed by atoms with Gasteiger partial charge in [-0.25, -0.2) is 0 Å². The van der Waals surface area contributed by atoms with Gasteiger partial charge in [-0.15, -0.1) is 0 Å². The lowest BCUT2D eigenvalue weighted by Crippen LogP contribution is -2.51. The van der Waals surface area contributed by atoms with E-state index in [0.29, 0.717) is 11.8 Å². The Balaban J connectivity index is 0.000000343. The van der Waals surface area contributed by atoms with Crippen molar-refractivity contribution in [2.24, 2.45) is 17.3 Å². The van der Waals surface area contributed by atoms with Crippen molar-refractivity contribution in [2.75, 3.05) is 0 Å². The predicted molar refractivity (Wildman–Crippen MR) is 129 cm³/mol. The Labute approximate surface area is 188 Å². The van der Waals surface area contributed by atoms with Crippen LogP contribution in [-0.4, -0.2) is 11.6 Å². The summed E-state index contributed by atoms with van der Waals surface area (Å²) in [5, 5.41) is 0. The standard InChI is InChI=1S/C20H34O2.C8H18/c1-3-5-18(21)22-20-13-10-19(11-14-20,12-15-20)17-8-6-16(4-2)7-9-17;1-3-5-7-8-6-4-2/h16-17H,3-15H2,1-2H3;3-8H2,1-2H3/t16-,17-,19?,20?;. The Hall–Kier alpha value is -0.530. The highest BCUT2D eigenvalue weighted by atomic mass is 16.6. The molecular formula is C28H52O2. The summed E-state index contributed by atoms with van der Waals surface area (Å²) in [6.45, 7) is 8.92. The number of carbonyl (C=O) groups is 1. The fraction of sp³-hybridized carbons (Fsp3) is 0.964. The van der Waals surface area contributed by atoms with Gasteiger partial charge >= 0.3 is 5.97 Å². The summed E-state index contributed by atoms with van der Waals surface area (Å²) in [4.78, 5) is 11.9. The Morgan fingerprint density at radius 1 is 0.733 bits per heavy atom. The molecular weight excluding hydrogens is 368 g/mol. The van der Waals surface area contributed by atoms with Gasteiger partial charge in [0.1, 0.15) is 5.60 Å². The van der Waals surface area contributed by atoms with Crippen molar-refractivity contribution < 1.29 is 9.53 Å². The Kier molecular flexibility index (Phi) is 11.2. The lowest BCUT2D eigenvalue weighted by atomic mass is 9.51. The van der Waals surface area contributed by atoms with Crippen molar-refractivity contribution in [3.8, 4) is 0 Å². The number of hydrogen-bond acceptors (Lipinski definition) is 2. The second-order valence-corrected chi connectivity index (χ2v) is 10.8. The number of unbranched alkanes of at least 4 members (excludes halogenated alkanes) is 5. The molecule has 0 aromatic rings. The van der Waals surface area contributed by atoms with Gasteiger partial charge in [0.2, 0.25) is 0 Å². The maximum atomic E-state index is 11.9. The summed E-state index contributed by atoms with van der Waals surface area (Å²) in [5.74, 6) is 1.99. The Bertz CT molecular complexity index is 445. The molecule has 0 radical (unpaired) electrons. The molecule has 0 heterocycles. The second kappa shape index (κ2) is 13.1. The second-order valence-electron chi connectivity index (χ2n) is 10.8. The lowest BCUT2D eigenvalue weighted by Gasteiger charge is -2.56. The first-order chi connectivity index (χ1) is 14.5. The minimum Gasteiger partial charge on any atom is -0.459 e. The van der Waals surface area contributed by atoms with E-state index in [-0.39, 0.29) is 11.6 Å². The van der Waals surface area contributed by atoms with E-state index < -0.39 is 0 Å². The SMILES string of the molecule is CCCC(=O)OC12CCC([C@H]3CC[C@H](CC)CC3)(CC1)CC2.CCCCCCCC. The van der Waals surface area contributed by atoms with E-state index in [1.54, 1.807) is 0 Å². The summed E-state index contributed by atoms with van der Waals surface area (Å²) in [7, 11) is 0. The van der Waals surface area contributed by atoms with E-state index in [9.17, 15) is 4.79 Å². The third-order valence-corrected chi connectivity index (χ3v) is 8.77. The quantitative estimate of drug-likeness (QED) is 0.260. The van der Waals surface area contributed by atoms with Crippen LogP contribution in [0.3, 0.4) is 0 Å². The third-order valence-electron chi connectivity index (χ3n) is 8.77. The average molecular weight is 421 g/mol. The van der Waals surface area contributed by atoms with Crippen LogP contribution >= 0.6 is 0 Å². The van der Waals surface area contributed by atoms with Crippen molar-refractivity contribution in [2.45, 2.75) is 155 Å². The highest BCUT2D eigenvalue weighted by Gasteiger charge is 2.53. The first kappa shape index (κ1) is 25.7. The summed E-state index contributed by atoms with van der Waals surface area (Å²) >= 11 is 0. The Morgan fingerprint density at radius 2 is 1.27 bits per heavy atom. The van der Waals surface area contributed by atoms with Crippen LogP contribution in [0, 0.1) is 17.3 Å². The molecule has 0 aromatic heterocycles. The molecule has 0 atom stereocenters. The molecule has 0 N–H and O–H groups in total. The molecule has 2 heteroatoms. The number of rotatable bonds is 10. The molecule has 4 fully saturated rings. The van der Waals surface area contributed by atoms with Crippen LogP contribution in [0.1, 0.15) is 150 Å². The van der Waals surface area contributed by atoms with Crippen molar-refractivity contribution in [1.82, 2.24) is 0 Å². The van der Waals surface area contributed by atoms with Crippen LogP contribution in [0.15, 0.2) is 0 Å². The first-order valence-electron chi connectivity index (χ1n) is 13.7. The van der Waals surface area contributed by atoms with E-state index in [1.807, 2.05) is 0 Å². The molecule has 0 unspecified atom stereocenters. The number of ether oxygens (including phenoxy) is 1. The monoisotopic (exact) mass is 420 g/mol. The zero-order valence-corrected chi connectivity index (χ0v) is 20.9. The van der Waals surface area contributed by atoms with Crippen molar-refractivity contribution in [3.05, 3.63) is 0 Å². The number of fused-ring (bicyclic) bond motifs is 3. The molecule has 0 aromatic carbocycles. The topological polar surface area (TPSA) is 26.3 Å². The van der Waals surface area contributed by atoms with Gasteiger partial charge in [-0.1, -0.05) is 85.5 Å². The number of carbonyl (C=O) groups excluding carboxylic acids is 1. The van der Waals surface area contributed by atoms with Crippen LogP contribution in [0.2, 0.25) is 0 Å². The maximum absolute atomic E-state index is 11.9. The van der Waals surface area contributed by atoms with Gasteiger partial charge in [0.15, 0.2) is 0 Å². The highest BCUT2D eigenvalue weighted by Crippen LogP contribution is 2.60. The van der Waals surface area contributed by atoms with Crippen molar-refractivity contribution in [1.29, 1.82) is 0 Å². The van der Waals surface area contributed by atoms with E-state index in [0.717, 1.165) is 37.5 Å². The first-order valence-corrected chi connectivity index (χ1v) is 13.7. The van der Waals surface area contributed by atoms with E-state index in [1.165, 1.54) is 89.9 Å². The Morgan fingerprint density at radius 3 is 1.70 bits per heavy atom. The molecule has 0 aliphatic heterocycles. The minimum atomic E-state index is -0.0748. The maximum Gasteiger partial charge on any atom is 0.306 e. The van der Waals surface area contributed by atoms with Gasteiger partial charge in [0.05, 0.1) is 0 Å². The van der Waals surface area contributed by atoms with Gasteiger partial charge in [0, 0.05) is 6.42 Å². The third kappa shape index (κ3) is 7.27. The summed E-state index contributed by atoms with van der Waals surface area (Å²) in [6, 6.07) is 0. The van der Waals surface area contributed by atoms with E-state index in [4.69, 9.17) is 4.74 Å². The van der Waals surface area contributed by atoms with E-state index in [2.05, 4.69) is 27.7 Å². The molecule has 2 bridgehead atoms. The zero-order chi connectivity index (χ0) is 21.9. The molecule has 30 heavy (non-hydrogen) atoms. The molecule has 2 nitrogen and oxygen atoms in total. The molecule has 4 rings (SSSR count).